The maximum atomic E-state index is 11.3. The monoisotopic (exact) mass is 229 g/mol. The molecule has 0 amide bonds. The van der Waals surface area contributed by atoms with E-state index in [0.717, 1.165) is 13.0 Å². The number of nitrogens with zero attached hydrogens (tertiary/aromatic N) is 2. The van der Waals surface area contributed by atoms with Crippen molar-refractivity contribution >= 4 is 17.4 Å². The molecule has 0 aromatic carbocycles. The summed E-state index contributed by atoms with van der Waals surface area (Å²) in [6, 6.07) is 0.321. The van der Waals surface area contributed by atoms with Gasteiger partial charge in [-0.25, -0.2) is 4.98 Å². The first kappa shape index (κ1) is 12.0. The van der Waals surface area contributed by atoms with Crippen LogP contribution in [0.5, 0.6) is 0 Å². The molecule has 0 aliphatic carbocycles. The third-order valence-electron chi connectivity index (χ3n) is 2.51. The Morgan fingerprint density at radius 2 is 2.27 bits per heavy atom. The van der Waals surface area contributed by atoms with Crippen LogP contribution < -0.4 is 10.5 Å². The normalized spacial score (nSPS) is 12.5. The van der Waals surface area contributed by atoms with Crippen LogP contribution in [-0.2, 0) is 0 Å². The van der Waals surface area contributed by atoms with E-state index in [9.17, 15) is 4.79 Å². The van der Waals surface area contributed by atoms with Crippen LogP contribution in [-0.4, -0.2) is 22.6 Å². The summed E-state index contributed by atoms with van der Waals surface area (Å²) in [6.45, 7) is 6.98. The molecule has 0 saturated carbocycles. The lowest BCUT2D eigenvalue weighted by molar-refractivity contribution is 0.622. The van der Waals surface area contributed by atoms with Gasteiger partial charge in [-0.2, -0.15) is 0 Å². The van der Waals surface area contributed by atoms with Crippen LogP contribution in [0.2, 0.25) is 5.02 Å². The fraction of sp³-hybridized carbons (Fsp3) is 0.600. The van der Waals surface area contributed by atoms with E-state index in [4.69, 9.17) is 11.6 Å². The van der Waals surface area contributed by atoms with E-state index >= 15 is 0 Å². The van der Waals surface area contributed by atoms with E-state index in [2.05, 4.69) is 23.8 Å². The van der Waals surface area contributed by atoms with Gasteiger partial charge in [-0.3, -0.25) is 4.79 Å². The second kappa shape index (κ2) is 5.16. The van der Waals surface area contributed by atoms with E-state index in [-0.39, 0.29) is 10.6 Å². The summed E-state index contributed by atoms with van der Waals surface area (Å²) in [4.78, 5) is 19.9. The Morgan fingerprint density at radius 3 is 2.80 bits per heavy atom. The molecule has 1 heterocycles. The summed E-state index contributed by atoms with van der Waals surface area (Å²) < 4.78 is 0. The molecule has 15 heavy (non-hydrogen) atoms. The third-order valence-corrected chi connectivity index (χ3v) is 2.85. The second-order valence-electron chi connectivity index (χ2n) is 3.41. The molecule has 0 fully saturated rings. The van der Waals surface area contributed by atoms with Gasteiger partial charge in [0.05, 0.1) is 6.33 Å². The first-order chi connectivity index (χ1) is 7.11. The zero-order chi connectivity index (χ0) is 11.4. The number of aromatic nitrogens is 2. The fourth-order valence-electron chi connectivity index (χ4n) is 1.46. The highest BCUT2D eigenvalue weighted by molar-refractivity contribution is 6.32. The lowest BCUT2D eigenvalue weighted by atomic mass is 10.2. The topological polar surface area (TPSA) is 49.0 Å². The quantitative estimate of drug-likeness (QED) is 0.860. The van der Waals surface area contributed by atoms with E-state index in [1.54, 1.807) is 0 Å². The van der Waals surface area contributed by atoms with Crippen LogP contribution in [0.15, 0.2) is 11.1 Å². The van der Waals surface area contributed by atoms with Gasteiger partial charge in [-0.1, -0.05) is 18.5 Å². The van der Waals surface area contributed by atoms with E-state index in [1.165, 1.54) is 6.33 Å². The van der Waals surface area contributed by atoms with Gasteiger partial charge in [0.15, 0.2) is 5.82 Å². The Balaban J connectivity index is 3.12. The number of nitrogens with one attached hydrogen (secondary N) is 1. The molecule has 0 aliphatic rings. The molecular formula is C10H16ClN3O. The number of anilines is 1. The molecule has 5 heteroatoms. The zero-order valence-electron chi connectivity index (χ0n) is 9.25. The Labute approximate surface area is 94.3 Å². The number of halogens is 1. The minimum atomic E-state index is -0.289. The Bertz CT molecular complexity index is 377. The van der Waals surface area contributed by atoms with Gasteiger partial charge in [0.1, 0.15) is 5.02 Å². The molecule has 0 saturated heterocycles. The predicted octanol–water partition coefficient (Wildman–Crippen LogP) is 2.05. The van der Waals surface area contributed by atoms with Gasteiger partial charge in [-0.05, 0) is 20.3 Å². The van der Waals surface area contributed by atoms with Crippen molar-refractivity contribution in [3.05, 3.63) is 21.7 Å². The Kier molecular flexibility index (Phi) is 4.15. The Morgan fingerprint density at radius 1 is 1.60 bits per heavy atom. The predicted molar refractivity (Wildman–Crippen MR) is 62.6 cm³/mol. The molecule has 1 aromatic heterocycles. The number of hydrogen-bond donors (Lipinski definition) is 1. The molecule has 0 bridgehead atoms. The summed E-state index contributed by atoms with van der Waals surface area (Å²) in [6.07, 6.45) is 2.37. The molecular weight excluding hydrogens is 214 g/mol. The average molecular weight is 230 g/mol. The summed E-state index contributed by atoms with van der Waals surface area (Å²) in [5.41, 5.74) is -0.289. The van der Waals surface area contributed by atoms with Crippen LogP contribution >= 0.6 is 11.6 Å². The van der Waals surface area contributed by atoms with Crippen molar-refractivity contribution in [2.45, 2.75) is 33.2 Å². The lowest BCUT2D eigenvalue weighted by Crippen LogP contribution is -2.34. The minimum Gasteiger partial charge on any atom is -0.353 e. The van der Waals surface area contributed by atoms with Crippen molar-refractivity contribution < 1.29 is 0 Å². The van der Waals surface area contributed by atoms with Crippen LogP contribution in [0.1, 0.15) is 27.2 Å². The largest absolute Gasteiger partial charge is 0.353 e. The van der Waals surface area contributed by atoms with E-state index in [1.807, 2.05) is 11.8 Å². The fourth-order valence-corrected chi connectivity index (χ4v) is 1.68. The number of H-pyrrole nitrogens is 1. The Hall–Kier alpha value is -1.03. The maximum absolute atomic E-state index is 11.3. The summed E-state index contributed by atoms with van der Waals surface area (Å²) >= 11 is 5.92. The maximum Gasteiger partial charge on any atom is 0.271 e. The van der Waals surface area contributed by atoms with Gasteiger partial charge < -0.3 is 9.88 Å². The van der Waals surface area contributed by atoms with E-state index < -0.39 is 0 Å². The highest BCUT2D eigenvalue weighted by atomic mass is 35.5. The summed E-state index contributed by atoms with van der Waals surface area (Å²) in [5.74, 6) is 0.567. The molecule has 1 rings (SSSR count). The number of hydrogen-bond acceptors (Lipinski definition) is 3. The first-order valence-corrected chi connectivity index (χ1v) is 5.49. The van der Waals surface area contributed by atoms with Gasteiger partial charge in [0.2, 0.25) is 0 Å². The smallest absolute Gasteiger partial charge is 0.271 e. The second-order valence-corrected chi connectivity index (χ2v) is 3.79. The molecule has 1 N–H and O–H groups in total. The van der Waals surface area contributed by atoms with Crippen LogP contribution in [0, 0.1) is 0 Å². The molecule has 0 aliphatic heterocycles. The lowest BCUT2D eigenvalue weighted by Gasteiger charge is -2.28. The molecule has 1 aromatic rings. The van der Waals surface area contributed by atoms with Crippen molar-refractivity contribution in [1.29, 1.82) is 0 Å². The van der Waals surface area contributed by atoms with Crippen molar-refractivity contribution in [3.63, 3.8) is 0 Å². The zero-order valence-corrected chi connectivity index (χ0v) is 10.0. The summed E-state index contributed by atoms with van der Waals surface area (Å²) in [7, 11) is 0. The van der Waals surface area contributed by atoms with Gasteiger partial charge in [0.25, 0.3) is 5.56 Å². The molecule has 84 valence electrons. The van der Waals surface area contributed by atoms with Crippen molar-refractivity contribution in [1.82, 2.24) is 9.97 Å². The SMILES string of the molecule is CCC(C)N(CC)c1nc[nH]c(=O)c1Cl. The van der Waals surface area contributed by atoms with Crippen LogP contribution in [0.4, 0.5) is 5.82 Å². The molecule has 0 radical (unpaired) electrons. The van der Waals surface area contributed by atoms with Crippen molar-refractivity contribution in [2.24, 2.45) is 0 Å². The van der Waals surface area contributed by atoms with Gasteiger partial charge in [-0.15, -0.1) is 0 Å². The third kappa shape index (κ3) is 2.50. The van der Waals surface area contributed by atoms with Crippen molar-refractivity contribution in [3.8, 4) is 0 Å². The highest BCUT2D eigenvalue weighted by Crippen LogP contribution is 2.21. The molecule has 1 atom stereocenters. The molecule has 4 nitrogen and oxygen atoms in total. The van der Waals surface area contributed by atoms with Gasteiger partial charge >= 0.3 is 0 Å². The molecule has 1 unspecified atom stereocenters. The van der Waals surface area contributed by atoms with Crippen LogP contribution in [0.25, 0.3) is 0 Å². The van der Waals surface area contributed by atoms with Crippen LogP contribution in [0.3, 0.4) is 0 Å². The van der Waals surface area contributed by atoms with Crippen molar-refractivity contribution in [2.75, 3.05) is 11.4 Å². The minimum absolute atomic E-state index is 0.166. The molecule has 0 spiro atoms. The number of rotatable bonds is 4. The highest BCUT2D eigenvalue weighted by Gasteiger charge is 2.16. The average Bonchev–Trinajstić information content (AvgIpc) is 2.24. The van der Waals surface area contributed by atoms with Gasteiger partial charge in [0, 0.05) is 12.6 Å². The van der Waals surface area contributed by atoms with E-state index in [0.29, 0.717) is 11.9 Å². The summed E-state index contributed by atoms with van der Waals surface area (Å²) in [5, 5.41) is 0.166. The first-order valence-electron chi connectivity index (χ1n) is 5.11. The standard InChI is InChI=1S/C10H16ClN3O/c1-4-7(3)14(5-2)9-8(11)10(15)13-6-12-9/h6-7H,4-5H2,1-3H3,(H,12,13,15). The number of aromatic amines is 1.